The molecule has 0 saturated heterocycles. The molecule has 4 heteroatoms. The van der Waals surface area contributed by atoms with Gasteiger partial charge in [-0.05, 0) is 38.0 Å². The Morgan fingerprint density at radius 2 is 1.95 bits per heavy atom. The normalized spacial score (nSPS) is 18.1. The largest absolute Gasteiger partial charge is 0.374 e. The fourth-order valence-electron chi connectivity index (χ4n) is 2.64. The summed E-state index contributed by atoms with van der Waals surface area (Å²) in [6.45, 7) is 1.80. The molecule has 2 rings (SSSR count). The van der Waals surface area contributed by atoms with Crippen molar-refractivity contribution in [2.45, 2.75) is 57.5 Å². The molecule has 20 heavy (non-hydrogen) atoms. The van der Waals surface area contributed by atoms with Crippen LogP contribution in [0.5, 0.6) is 0 Å². The van der Waals surface area contributed by atoms with E-state index in [0.29, 0.717) is 11.7 Å². The molecule has 0 spiro atoms. The van der Waals surface area contributed by atoms with E-state index in [1.807, 2.05) is 0 Å². The van der Waals surface area contributed by atoms with Crippen molar-refractivity contribution in [3.8, 4) is 0 Å². The van der Waals surface area contributed by atoms with Crippen molar-refractivity contribution in [2.75, 3.05) is 5.32 Å². The van der Waals surface area contributed by atoms with Crippen LogP contribution in [0.25, 0.3) is 0 Å². The zero-order chi connectivity index (χ0) is 14.4. The molecule has 1 aromatic carbocycles. The molecule has 1 fully saturated rings. The molecular formula is C16H23FN2O. The Labute approximate surface area is 120 Å². The Morgan fingerprint density at radius 1 is 1.25 bits per heavy atom. The zero-order valence-electron chi connectivity index (χ0n) is 12.0. The molecule has 1 unspecified atom stereocenters. The third kappa shape index (κ3) is 4.51. The number of anilines is 1. The molecular weight excluding hydrogens is 255 g/mol. The van der Waals surface area contributed by atoms with Crippen LogP contribution in [0.4, 0.5) is 10.1 Å². The lowest BCUT2D eigenvalue weighted by Crippen LogP contribution is -2.43. The van der Waals surface area contributed by atoms with Crippen LogP contribution in [0.2, 0.25) is 0 Å². The van der Waals surface area contributed by atoms with Crippen LogP contribution in [0.1, 0.15) is 45.4 Å². The lowest BCUT2D eigenvalue weighted by atomic mass is 10.1. The second kappa shape index (κ2) is 7.27. The predicted molar refractivity (Wildman–Crippen MR) is 79.1 cm³/mol. The Balaban J connectivity index is 1.85. The molecule has 1 saturated carbocycles. The van der Waals surface area contributed by atoms with E-state index in [1.165, 1.54) is 37.8 Å². The first kappa shape index (κ1) is 14.8. The topological polar surface area (TPSA) is 41.1 Å². The first-order valence-corrected chi connectivity index (χ1v) is 7.47. The Morgan fingerprint density at radius 3 is 2.60 bits per heavy atom. The smallest absolute Gasteiger partial charge is 0.242 e. The van der Waals surface area contributed by atoms with Crippen LogP contribution in [0, 0.1) is 5.82 Å². The van der Waals surface area contributed by atoms with Gasteiger partial charge in [0.15, 0.2) is 0 Å². The van der Waals surface area contributed by atoms with Crippen LogP contribution < -0.4 is 10.6 Å². The number of rotatable bonds is 4. The quantitative estimate of drug-likeness (QED) is 0.828. The molecule has 0 aromatic heterocycles. The van der Waals surface area contributed by atoms with Gasteiger partial charge in [0, 0.05) is 11.7 Å². The lowest BCUT2D eigenvalue weighted by molar-refractivity contribution is -0.122. The highest BCUT2D eigenvalue weighted by molar-refractivity contribution is 5.84. The van der Waals surface area contributed by atoms with Crippen LogP contribution in [0.15, 0.2) is 24.3 Å². The minimum absolute atomic E-state index is 0.0128. The maximum atomic E-state index is 13.1. The molecule has 1 aliphatic carbocycles. The highest BCUT2D eigenvalue weighted by Crippen LogP contribution is 2.17. The molecule has 110 valence electrons. The molecule has 3 nitrogen and oxygen atoms in total. The second-order valence-corrected chi connectivity index (χ2v) is 5.57. The van der Waals surface area contributed by atoms with Crippen LogP contribution in [-0.2, 0) is 4.79 Å². The summed E-state index contributed by atoms with van der Waals surface area (Å²) in [6.07, 6.45) is 7.05. The van der Waals surface area contributed by atoms with Gasteiger partial charge < -0.3 is 10.6 Å². The SMILES string of the molecule is CC(Nc1cccc(F)c1)C(=O)NC1CCCCCC1. The van der Waals surface area contributed by atoms with Crippen LogP contribution >= 0.6 is 0 Å². The van der Waals surface area contributed by atoms with Gasteiger partial charge in [-0.2, -0.15) is 0 Å². The summed E-state index contributed by atoms with van der Waals surface area (Å²) >= 11 is 0. The van der Waals surface area contributed by atoms with E-state index in [9.17, 15) is 9.18 Å². The summed E-state index contributed by atoms with van der Waals surface area (Å²) < 4.78 is 13.1. The number of carbonyl (C=O) groups is 1. The van der Waals surface area contributed by atoms with E-state index in [0.717, 1.165) is 12.8 Å². The molecule has 2 N–H and O–H groups in total. The molecule has 1 amide bonds. The standard InChI is InChI=1S/C16H23FN2O/c1-12(18-15-10-6-7-13(17)11-15)16(20)19-14-8-4-2-3-5-9-14/h6-7,10-12,14,18H,2-5,8-9H2,1H3,(H,19,20). The third-order valence-electron chi connectivity index (χ3n) is 3.80. The van der Waals surface area contributed by atoms with Crippen LogP contribution in [-0.4, -0.2) is 18.0 Å². The zero-order valence-corrected chi connectivity index (χ0v) is 12.0. The predicted octanol–water partition coefficient (Wildman–Crippen LogP) is 3.47. The number of carbonyl (C=O) groups excluding carboxylic acids is 1. The van der Waals surface area contributed by atoms with Gasteiger partial charge in [-0.1, -0.05) is 31.7 Å². The second-order valence-electron chi connectivity index (χ2n) is 5.57. The lowest BCUT2D eigenvalue weighted by Gasteiger charge is -2.20. The fourth-order valence-corrected chi connectivity index (χ4v) is 2.64. The number of amides is 1. The highest BCUT2D eigenvalue weighted by Gasteiger charge is 2.18. The van der Waals surface area contributed by atoms with Gasteiger partial charge in [-0.15, -0.1) is 0 Å². The number of hydrogen-bond donors (Lipinski definition) is 2. The van der Waals surface area contributed by atoms with Gasteiger partial charge in [-0.3, -0.25) is 4.79 Å². The molecule has 0 radical (unpaired) electrons. The van der Waals surface area contributed by atoms with E-state index >= 15 is 0 Å². The van der Waals surface area contributed by atoms with Gasteiger partial charge in [0.1, 0.15) is 11.9 Å². The van der Waals surface area contributed by atoms with E-state index in [2.05, 4.69) is 10.6 Å². The number of nitrogens with one attached hydrogen (secondary N) is 2. The first-order chi connectivity index (χ1) is 9.65. The van der Waals surface area contributed by atoms with Gasteiger partial charge in [0.25, 0.3) is 0 Å². The van der Waals surface area contributed by atoms with E-state index in [4.69, 9.17) is 0 Å². The third-order valence-corrected chi connectivity index (χ3v) is 3.80. The van der Waals surface area contributed by atoms with Crippen molar-refractivity contribution in [3.63, 3.8) is 0 Å². The number of benzene rings is 1. The number of hydrogen-bond acceptors (Lipinski definition) is 2. The Hall–Kier alpha value is -1.58. The maximum Gasteiger partial charge on any atom is 0.242 e. The highest BCUT2D eigenvalue weighted by atomic mass is 19.1. The summed E-state index contributed by atoms with van der Waals surface area (Å²) in [5.74, 6) is -0.312. The van der Waals surface area contributed by atoms with E-state index in [1.54, 1.807) is 19.1 Å². The number of halogens is 1. The van der Waals surface area contributed by atoms with E-state index < -0.39 is 0 Å². The molecule has 1 atom stereocenters. The Bertz CT molecular complexity index is 442. The first-order valence-electron chi connectivity index (χ1n) is 7.47. The average Bonchev–Trinajstić information content (AvgIpc) is 2.67. The molecule has 1 aromatic rings. The summed E-state index contributed by atoms with van der Waals surface area (Å²) in [5.41, 5.74) is 0.633. The minimum atomic E-state index is -0.361. The molecule has 0 aliphatic heterocycles. The summed E-state index contributed by atoms with van der Waals surface area (Å²) in [6, 6.07) is 6.12. The van der Waals surface area contributed by atoms with Crippen LogP contribution in [0.3, 0.4) is 0 Å². The van der Waals surface area contributed by atoms with Crippen molar-refractivity contribution in [1.82, 2.24) is 5.32 Å². The Kier molecular flexibility index (Phi) is 5.39. The van der Waals surface area contributed by atoms with Crippen molar-refractivity contribution in [2.24, 2.45) is 0 Å². The minimum Gasteiger partial charge on any atom is -0.374 e. The summed E-state index contributed by atoms with van der Waals surface area (Å²) in [4.78, 5) is 12.1. The maximum absolute atomic E-state index is 13.1. The fraction of sp³-hybridized carbons (Fsp3) is 0.562. The average molecular weight is 278 g/mol. The molecule has 0 heterocycles. The van der Waals surface area contributed by atoms with E-state index in [-0.39, 0.29) is 17.8 Å². The van der Waals surface area contributed by atoms with Crippen molar-refractivity contribution in [3.05, 3.63) is 30.1 Å². The molecule has 0 bridgehead atoms. The molecule has 1 aliphatic rings. The summed E-state index contributed by atoms with van der Waals surface area (Å²) in [5, 5.41) is 6.13. The van der Waals surface area contributed by atoms with Gasteiger partial charge >= 0.3 is 0 Å². The summed E-state index contributed by atoms with van der Waals surface area (Å²) in [7, 11) is 0. The van der Waals surface area contributed by atoms with Crippen molar-refractivity contribution >= 4 is 11.6 Å². The van der Waals surface area contributed by atoms with Crippen molar-refractivity contribution in [1.29, 1.82) is 0 Å². The van der Waals surface area contributed by atoms with Gasteiger partial charge in [0.05, 0.1) is 0 Å². The monoisotopic (exact) mass is 278 g/mol. The van der Waals surface area contributed by atoms with Gasteiger partial charge in [0.2, 0.25) is 5.91 Å². The van der Waals surface area contributed by atoms with Gasteiger partial charge in [-0.25, -0.2) is 4.39 Å². The van der Waals surface area contributed by atoms with Crippen molar-refractivity contribution < 1.29 is 9.18 Å².